The third-order valence-corrected chi connectivity index (χ3v) is 4.48. The van der Waals surface area contributed by atoms with Crippen molar-refractivity contribution < 1.29 is 0 Å². The maximum absolute atomic E-state index is 3.01. The standard InChI is InChI=1S/C32H26/c1-31(2,3)29-23-19-27(20-24-29)17-15-13-11-9-7-8-10-12-14-16-18-28-21-25-30(26-22-28)32(4,5)6/h19-26H,1-6H3. The molecule has 0 heterocycles. The van der Waals surface area contributed by atoms with Gasteiger partial charge in [0.05, 0.1) is 0 Å². The second kappa shape index (κ2) is 11.3. The minimum atomic E-state index is 0.137. The van der Waals surface area contributed by atoms with Gasteiger partial charge in [0.15, 0.2) is 0 Å². The zero-order valence-corrected chi connectivity index (χ0v) is 19.6. The van der Waals surface area contributed by atoms with Crippen LogP contribution in [0, 0.1) is 71.0 Å². The molecule has 0 radical (unpaired) electrons. The molecule has 0 aliphatic heterocycles. The van der Waals surface area contributed by atoms with Crippen molar-refractivity contribution in [1.29, 1.82) is 0 Å². The Kier molecular flexibility index (Phi) is 8.47. The van der Waals surface area contributed by atoms with Crippen molar-refractivity contribution in [3.05, 3.63) is 70.8 Å². The van der Waals surface area contributed by atoms with Crippen LogP contribution in [0.15, 0.2) is 48.5 Å². The van der Waals surface area contributed by atoms with Crippen LogP contribution < -0.4 is 0 Å². The molecule has 2 aromatic carbocycles. The molecule has 32 heavy (non-hydrogen) atoms. The molecule has 0 aliphatic carbocycles. The highest BCUT2D eigenvalue weighted by atomic mass is 14.2. The molecule has 0 fully saturated rings. The van der Waals surface area contributed by atoms with E-state index in [0.717, 1.165) is 11.1 Å². The summed E-state index contributed by atoms with van der Waals surface area (Å²) in [5, 5.41) is 0. The maximum Gasteiger partial charge on any atom is 0.0255 e. The molecule has 2 rings (SSSR count). The second-order valence-corrected chi connectivity index (χ2v) is 9.15. The summed E-state index contributed by atoms with van der Waals surface area (Å²) >= 11 is 0. The summed E-state index contributed by atoms with van der Waals surface area (Å²) in [7, 11) is 0. The average molecular weight is 411 g/mol. The van der Waals surface area contributed by atoms with E-state index >= 15 is 0 Å². The molecule has 0 aliphatic rings. The van der Waals surface area contributed by atoms with E-state index in [4.69, 9.17) is 0 Å². The molecular formula is C32H26. The first-order valence-corrected chi connectivity index (χ1v) is 10.4. The highest BCUT2D eigenvalue weighted by molar-refractivity contribution is 5.47. The van der Waals surface area contributed by atoms with Crippen LogP contribution in [0.25, 0.3) is 0 Å². The first-order valence-electron chi connectivity index (χ1n) is 10.4. The summed E-state index contributed by atoms with van der Waals surface area (Å²) in [6.45, 7) is 13.1. The third-order valence-electron chi connectivity index (χ3n) is 4.48. The molecule has 0 amide bonds. The van der Waals surface area contributed by atoms with Gasteiger partial charge in [0.2, 0.25) is 0 Å². The van der Waals surface area contributed by atoms with Crippen LogP contribution >= 0.6 is 0 Å². The number of benzene rings is 2. The molecule has 0 spiro atoms. The van der Waals surface area contributed by atoms with Gasteiger partial charge in [-0.05, 0) is 105 Å². The molecule has 0 atom stereocenters. The van der Waals surface area contributed by atoms with Crippen LogP contribution in [-0.4, -0.2) is 0 Å². The van der Waals surface area contributed by atoms with E-state index < -0.39 is 0 Å². The van der Waals surface area contributed by atoms with Gasteiger partial charge in [-0.25, -0.2) is 0 Å². The number of hydrogen-bond donors (Lipinski definition) is 0. The van der Waals surface area contributed by atoms with Crippen molar-refractivity contribution >= 4 is 0 Å². The van der Waals surface area contributed by atoms with Gasteiger partial charge >= 0.3 is 0 Å². The van der Waals surface area contributed by atoms with Gasteiger partial charge in [-0.3, -0.25) is 0 Å². The fraction of sp³-hybridized carbons (Fsp3) is 0.250. The fourth-order valence-electron chi connectivity index (χ4n) is 2.56. The second-order valence-electron chi connectivity index (χ2n) is 9.15. The van der Waals surface area contributed by atoms with Crippen molar-refractivity contribution in [3.63, 3.8) is 0 Å². The van der Waals surface area contributed by atoms with Crippen LogP contribution in [0.4, 0.5) is 0 Å². The van der Waals surface area contributed by atoms with Gasteiger partial charge in [0, 0.05) is 11.1 Å². The summed E-state index contributed by atoms with van der Waals surface area (Å²) in [4.78, 5) is 0. The number of rotatable bonds is 0. The van der Waals surface area contributed by atoms with E-state index in [1.807, 2.05) is 24.3 Å². The van der Waals surface area contributed by atoms with Gasteiger partial charge in [-0.15, -0.1) is 0 Å². The topological polar surface area (TPSA) is 0 Å². The first kappa shape index (κ1) is 24.1. The van der Waals surface area contributed by atoms with Crippen LogP contribution in [0.2, 0.25) is 0 Å². The van der Waals surface area contributed by atoms with Gasteiger partial charge in [-0.1, -0.05) is 77.6 Å². The summed E-state index contributed by atoms with van der Waals surface area (Å²) in [5.41, 5.74) is 4.70. The third kappa shape index (κ3) is 8.66. The SMILES string of the molecule is CC(C)(C)c1ccc(C#CC#CC#CC#CC#CC#Cc2ccc(C(C)(C)C)cc2)cc1. The Balaban J connectivity index is 1.86. The lowest BCUT2D eigenvalue weighted by atomic mass is 9.87. The van der Waals surface area contributed by atoms with E-state index in [1.54, 1.807) is 0 Å². The molecule has 0 N–H and O–H groups in total. The summed E-state index contributed by atoms with van der Waals surface area (Å²) in [6, 6.07) is 16.4. The Morgan fingerprint density at radius 2 is 0.625 bits per heavy atom. The van der Waals surface area contributed by atoms with Crippen LogP contribution in [-0.2, 0) is 10.8 Å². The predicted octanol–water partition coefficient (Wildman–Crippen LogP) is 5.70. The lowest BCUT2D eigenvalue weighted by molar-refractivity contribution is 0.590. The lowest BCUT2D eigenvalue weighted by Gasteiger charge is -2.18. The Morgan fingerprint density at radius 1 is 0.375 bits per heavy atom. The zero-order chi connectivity index (χ0) is 23.5. The molecule has 0 saturated carbocycles. The quantitative estimate of drug-likeness (QED) is 0.489. The summed E-state index contributed by atoms with van der Waals surface area (Å²) < 4.78 is 0. The van der Waals surface area contributed by atoms with E-state index in [2.05, 4.69) is 137 Å². The maximum atomic E-state index is 3.01. The van der Waals surface area contributed by atoms with Gasteiger partial charge in [-0.2, -0.15) is 0 Å². The highest BCUT2D eigenvalue weighted by Crippen LogP contribution is 2.22. The smallest absolute Gasteiger partial charge is 0.0255 e. The predicted molar refractivity (Wildman–Crippen MR) is 135 cm³/mol. The van der Waals surface area contributed by atoms with E-state index in [1.165, 1.54) is 11.1 Å². The Morgan fingerprint density at radius 3 is 0.875 bits per heavy atom. The minimum absolute atomic E-state index is 0.137. The average Bonchev–Trinajstić information content (AvgIpc) is 2.74. The molecule has 0 bridgehead atoms. The summed E-state index contributed by atoms with van der Waals surface area (Å²) in [5.74, 6) is 32.9. The Labute approximate surface area is 194 Å². The molecule has 0 heteroatoms. The van der Waals surface area contributed by atoms with Gasteiger partial charge < -0.3 is 0 Å². The van der Waals surface area contributed by atoms with Gasteiger partial charge in [0.1, 0.15) is 0 Å². The molecular weight excluding hydrogens is 384 g/mol. The van der Waals surface area contributed by atoms with Crippen molar-refractivity contribution in [1.82, 2.24) is 0 Å². The lowest BCUT2D eigenvalue weighted by Crippen LogP contribution is -2.10. The molecule has 0 saturated heterocycles. The molecule has 0 aromatic heterocycles. The number of hydrogen-bond acceptors (Lipinski definition) is 0. The highest BCUT2D eigenvalue weighted by Gasteiger charge is 2.13. The fourth-order valence-corrected chi connectivity index (χ4v) is 2.56. The molecule has 0 nitrogen and oxygen atoms in total. The van der Waals surface area contributed by atoms with Gasteiger partial charge in [0.25, 0.3) is 0 Å². The van der Waals surface area contributed by atoms with Crippen LogP contribution in [0.3, 0.4) is 0 Å². The van der Waals surface area contributed by atoms with Crippen molar-refractivity contribution in [2.45, 2.75) is 52.4 Å². The van der Waals surface area contributed by atoms with Crippen molar-refractivity contribution in [2.75, 3.05) is 0 Å². The molecule has 154 valence electrons. The first-order chi connectivity index (χ1) is 15.2. The van der Waals surface area contributed by atoms with Crippen molar-refractivity contribution in [3.8, 4) is 71.0 Å². The monoisotopic (exact) mass is 410 g/mol. The summed E-state index contributed by atoms with van der Waals surface area (Å²) in [6.07, 6.45) is 0. The Bertz CT molecular complexity index is 1200. The normalized spacial score (nSPS) is 9.31. The van der Waals surface area contributed by atoms with Crippen LogP contribution in [0.5, 0.6) is 0 Å². The van der Waals surface area contributed by atoms with E-state index in [9.17, 15) is 0 Å². The largest absolute Gasteiger partial charge is 0.0573 e. The molecule has 2 aromatic rings. The van der Waals surface area contributed by atoms with Crippen LogP contribution in [0.1, 0.15) is 63.8 Å². The zero-order valence-electron chi connectivity index (χ0n) is 19.6. The Hall–Kier alpha value is -4.20. The minimum Gasteiger partial charge on any atom is -0.0573 e. The van der Waals surface area contributed by atoms with E-state index in [0.29, 0.717) is 0 Å². The van der Waals surface area contributed by atoms with Crippen molar-refractivity contribution in [2.24, 2.45) is 0 Å². The van der Waals surface area contributed by atoms with E-state index in [-0.39, 0.29) is 10.8 Å². The molecule has 0 unspecified atom stereocenters.